The van der Waals surface area contributed by atoms with E-state index in [2.05, 4.69) is 10.1 Å². The number of nitrogens with zero attached hydrogens (tertiary/aromatic N) is 3. The molecule has 0 saturated carbocycles. The first kappa shape index (κ1) is 12.6. The zero-order valence-corrected chi connectivity index (χ0v) is 11.2. The molecule has 1 amide bonds. The zero-order valence-electron chi connectivity index (χ0n) is 10.5. The number of rotatable bonds is 3. The van der Waals surface area contributed by atoms with Crippen molar-refractivity contribution in [3.8, 4) is 11.1 Å². The molecule has 2 heterocycles. The number of halogens is 1. The number of fused-ring (bicyclic) bond motifs is 1. The second kappa shape index (κ2) is 4.94. The highest BCUT2D eigenvalue weighted by atomic mass is 35.5. The van der Waals surface area contributed by atoms with Crippen LogP contribution in [0, 0.1) is 0 Å². The second-order valence-corrected chi connectivity index (χ2v) is 4.77. The lowest BCUT2D eigenvalue weighted by atomic mass is 10.1. The average Bonchev–Trinajstić information content (AvgIpc) is 2.79. The van der Waals surface area contributed by atoms with Crippen molar-refractivity contribution in [3.05, 3.63) is 47.9 Å². The van der Waals surface area contributed by atoms with Crippen LogP contribution in [0.1, 0.15) is 0 Å². The summed E-state index contributed by atoms with van der Waals surface area (Å²) in [4.78, 5) is 15.0. The van der Waals surface area contributed by atoms with Crippen LogP contribution in [0.2, 0.25) is 5.15 Å². The molecule has 0 saturated heterocycles. The summed E-state index contributed by atoms with van der Waals surface area (Å²) >= 11 is 6.09. The van der Waals surface area contributed by atoms with Crippen molar-refractivity contribution in [2.45, 2.75) is 6.54 Å². The highest BCUT2D eigenvalue weighted by Gasteiger charge is 2.07. The Labute approximate surface area is 120 Å². The van der Waals surface area contributed by atoms with Crippen molar-refractivity contribution in [1.29, 1.82) is 0 Å². The lowest BCUT2D eigenvalue weighted by molar-refractivity contribution is -0.118. The molecule has 2 aromatic heterocycles. The van der Waals surface area contributed by atoms with Crippen LogP contribution in [0.4, 0.5) is 0 Å². The number of primary amides is 1. The Hall–Kier alpha value is -2.40. The van der Waals surface area contributed by atoms with Gasteiger partial charge in [-0.2, -0.15) is 5.10 Å². The number of pyridine rings is 1. The van der Waals surface area contributed by atoms with Crippen molar-refractivity contribution in [2.24, 2.45) is 5.73 Å². The van der Waals surface area contributed by atoms with E-state index in [0.29, 0.717) is 5.15 Å². The Morgan fingerprint density at radius 1 is 1.35 bits per heavy atom. The van der Waals surface area contributed by atoms with E-state index in [1.165, 1.54) is 4.68 Å². The Balaban J connectivity index is 2.07. The van der Waals surface area contributed by atoms with Crippen molar-refractivity contribution < 1.29 is 4.79 Å². The minimum atomic E-state index is -0.423. The third kappa shape index (κ3) is 2.35. The van der Waals surface area contributed by atoms with E-state index in [4.69, 9.17) is 17.3 Å². The van der Waals surface area contributed by atoms with E-state index in [0.717, 1.165) is 22.0 Å². The van der Waals surface area contributed by atoms with Gasteiger partial charge in [0.15, 0.2) is 0 Å². The van der Waals surface area contributed by atoms with Crippen LogP contribution in [0.5, 0.6) is 0 Å². The third-order valence-corrected chi connectivity index (χ3v) is 3.24. The number of amides is 1. The van der Waals surface area contributed by atoms with Crippen molar-refractivity contribution in [1.82, 2.24) is 14.8 Å². The van der Waals surface area contributed by atoms with Crippen LogP contribution in [0.15, 0.2) is 42.7 Å². The van der Waals surface area contributed by atoms with E-state index >= 15 is 0 Å². The van der Waals surface area contributed by atoms with Gasteiger partial charge in [0.25, 0.3) is 0 Å². The van der Waals surface area contributed by atoms with Crippen molar-refractivity contribution >= 4 is 28.4 Å². The van der Waals surface area contributed by atoms with Gasteiger partial charge < -0.3 is 5.73 Å². The lowest BCUT2D eigenvalue weighted by Crippen LogP contribution is -2.18. The molecule has 0 radical (unpaired) electrons. The minimum Gasteiger partial charge on any atom is -0.368 e. The summed E-state index contributed by atoms with van der Waals surface area (Å²) in [5.41, 5.74) is 7.72. The number of aromatic nitrogens is 3. The number of nitrogens with two attached hydrogens (primary N) is 1. The van der Waals surface area contributed by atoms with Gasteiger partial charge >= 0.3 is 0 Å². The van der Waals surface area contributed by atoms with E-state index in [1.54, 1.807) is 12.4 Å². The quantitative estimate of drug-likeness (QED) is 0.750. The molecule has 0 fully saturated rings. The molecule has 100 valence electrons. The van der Waals surface area contributed by atoms with Gasteiger partial charge in [-0.3, -0.25) is 9.48 Å². The van der Waals surface area contributed by atoms with Crippen LogP contribution in [-0.2, 0) is 11.3 Å². The summed E-state index contributed by atoms with van der Waals surface area (Å²) in [6.45, 7) is 0.0671. The maximum atomic E-state index is 10.9. The van der Waals surface area contributed by atoms with E-state index in [1.807, 2.05) is 30.3 Å². The average molecular weight is 287 g/mol. The number of hydrogen-bond acceptors (Lipinski definition) is 3. The summed E-state index contributed by atoms with van der Waals surface area (Å²) in [6.07, 6.45) is 3.43. The largest absolute Gasteiger partial charge is 0.368 e. The van der Waals surface area contributed by atoms with Crippen LogP contribution >= 0.6 is 11.6 Å². The van der Waals surface area contributed by atoms with Crippen molar-refractivity contribution in [3.63, 3.8) is 0 Å². The normalized spacial score (nSPS) is 10.8. The Morgan fingerprint density at radius 2 is 2.20 bits per heavy atom. The van der Waals surface area contributed by atoms with Crippen LogP contribution < -0.4 is 5.73 Å². The topological polar surface area (TPSA) is 73.8 Å². The van der Waals surface area contributed by atoms with Gasteiger partial charge in [0.05, 0.1) is 5.52 Å². The van der Waals surface area contributed by atoms with Gasteiger partial charge in [0.1, 0.15) is 11.7 Å². The maximum absolute atomic E-state index is 10.9. The first-order valence-corrected chi connectivity index (χ1v) is 6.38. The third-order valence-electron chi connectivity index (χ3n) is 2.94. The predicted molar refractivity (Wildman–Crippen MR) is 77.2 cm³/mol. The maximum Gasteiger partial charge on any atom is 0.239 e. The first-order valence-electron chi connectivity index (χ1n) is 6.00. The van der Waals surface area contributed by atoms with Crippen LogP contribution in [-0.4, -0.2) is 20.7 Å². The fraction of sp³-hybridized carbons (Fsp3) is 0.0714. The smallest absolute Gasteiger partial charge is 0.239 e. The van der Waals surface area contributed by atoms with Gasteiger partial charge in [-0.1, -0.05) is 23.7 Å². The molecule has 0 spiro atoms. The molecular weight excluding hydrogens is 276 g/mol. The summed E-state index contributed by atoms with van der Waals surface area (Å²) < 4.78 is 1.53. The van der Waals surface area contributed by atoms with Crippen molar-refractivity contribution in [2.75, 3.05) is 0 Å². The van der Waals surface area contributed by atoms with E-state index in [-0.39, 0.29) is 6.54 Å². The molecular formula is C14H11ClN4O. The molecule has 2 N–H and O–H groups in total. The summed E-state index contributed by atoms with van der Waals surface area (Å²) in [5.74, 6) is -0.423. The highest BCUT2D eigenvalue weighted by molar-refractivity contribution is 6.32. The lowest BCUT2D eigenvalue weighted by Gasteiger charge is -2.02. The molecule has 3 aromatic rings. The first-order chi connectivity index (χ1) is 9.63. The van der Waals surface area contributed by atoms with Gasteiger partial charge in [0.2, 0.25) is 5.91 Å². The van der Waals surface area contributed by atoms with E-state index in [9.17, 15) is 4.79 Å². The summed E-state index contributed by atoms with van der Waals surface area (Å²) in [6, 6.07) is 9.52. The van der Waals surface area contributed by atoms with Gasteiger partial charge in [-0.15, -0.1) is 0 Å². The van der Waals surface area contributed by atoms with Gasteiger partial charge in [0, 0.05) is 23.3 Å². The standard InChI is InChI=1S/C14H11ClN4O/c15-14-11(2-1-5-17-14)9-3-4-10-7-19(8-13(16)20)18-12(10)6-9/h1-7H,8H2,(H2,16,20). The molecule has 0 aliphatic carbocycles. The Kier molecular flexibility index (Phi) is 3.12. The minimum absolute atomic E-state index is 0.0671. The van der Waals surface area contributed by atoms with Crippen LogP contribution in [0.3, 0.4) is 0 Å². The molecule has 0 aliphatic heterocycles. The molecule has 0 aliphatic rings. The number of carbonyl (C=O) groups excluding carboxylic acids is 1. The SMILES string of the molecule is NC(=O)Cn1cc2ccc(-c3cccnc3Cl)cc2n1. The second-order valence-electron chi connectivity index (χ2n) is 4.41. The number of carbonyl (C=O) groups is 1. The monoisotopic (exact) mass is 286 g/mol. The van der Waals surface area contributed by atoms with E-state index < -0.39 is 5.91 Å². The van der Waals surface area contributed by atoms with Crippen LogP contribution in [0.25, 0.3) is 22.0 Å². The predicted octanol–water partition coefficient (Wildman–Crippen LogP) is 2.24. The van der Waals surface area contributed by atoms with Gasteiger partial charge in [-0.25, -0.2) is 4.98 Å². The molecule has 0 bridgehead atoms. The molecule has 5 nitrogen and oxygen atoms in total. The van der Waals surface area contributed by atoms with Gasteiger partial charge in [-0.05, 0) is 23.8 Å². The number of benzene rings is 1. The summed E-state index contributed by atoms with van der Waals surface area (Å²) in [7, 11) is 0. The molecule has 0 atom stereocenters. The summed E-state index contributed by atoms with van der Waals surface area (Å²) in [5, 5.41) is 5.71. The Bertz CT molecular complexity index is 797. The molecule has 20 heavy (non-hydrogen) atoms. The Morgan fingerprint density at radius 3 is 2.95 bits per heavy atom. The highest BCUT2D eigenvalue weighted by Crippen LogP contribution is 2.28. The fourth-order valence-corrected chi connectivity index (χ4v) is 2.31. The number of hydrogen-bond donors (Lipinski definition) is 1. The molecule has 0 unspecified atom stereocenters. The zero-order chi connectivity index (χ0) is 14.1. The molecule has 1 aromatic carbocycles. The molecule has 6 heteroatoms. The fourth-order valence-electron chi connectivity index (χ4n) is 2.08. The molecule has 3 rings (SSSR count).